The standard InChI is InChI=1S/C22H21F5O2/c1-2-3-12-4-6-13(7-5-12)14-8-9-15-16-10-11-17(29-22(25,26)27)19(24)21(16)28-20(15)18(14)23/h8-13H,2-7H2,1H3. The average molecular weight is 412 g/mol. The van der Waals surface area contributed by atoms with E-state index in [0.29, 0.717) is 16.9 Å². The number of hydrogen-bond donors (Lipinski definition) is 0. The first-order valence-corrected chi connectivity index (χ1v) is 9.87. The highest BCUT2D eigenvalue weighted by Crippen LogP contribution is 2.42. The van der Waals surface area contributed by atoms with E-state index < -0.39 is 29.3 Å². The molecule has 1 aromatic heterocycles. The van der Waals surface area contributed by atoms with Crippen LogP contribution >= 0.6 is 0 Å². The van der Waals surface area contributed by atoms with Gasteiger partial charge in [0.05, 0.1) is 0 Å². The van der Waals surface area contributed by atoms with Crippen molar-refractivity contribution >= 4 is 21.9 Å². The molecule has 3 aromatic rings. The van der Waals surface area contributed by atoms with Crippen LogP contribution in [0.15, 0.2) is 28.7 Å². The number of benzene rings is 2. The van der Waals surface area contributed by atoms with Gasteiger partial charge in [0.2, 0.25) is 5.82 Å². The summed E-state index contributed by atoms with van der Waals surface area (Å²) < 4.78 is 76.1. The lowest BCUT2D eigenvalue weighted by molar-refractivity contribution is -0.275. The fraction of sp³-hybridized carbons (Fsp3) is 0.455. The number of alkyl halides is 3. The van der Waals surface area contributed by atoms with Crippen molar-refractivity contribution in [2.75, 3.05) is 0 Å². The van der Waals surface area contributed by atoms with E-state index in [1.54, 1.807) is 12.1 Å². The Balaban J connectivity index is 1.71. The van der Waals surface area contributed by atoms with Gasteiger partial charge in [0.15, 0.2) is 22.7 Å². The number of fused-ring (bicyclic) bond motifs is 3. The van der Waals surface area contributed by atoms with E-state index in [1.165, 1.54) is 12.5 Å². The summed E-state index contributed by atoms with van der Waals surface area (Å²) in [4.78, 5) is 0. The molecule has 0 unspecified atom stereocenters. The fourth-order valence-electron chi connectivity index (χ4n) is 4.52. The highest BCUT2D eigenvalue weighted by Gasteiger charge is 2.33. The summed E-state index contributed by atoms with van der Waals surface area (Å²) in [6.45, 7) is 2.16. The monoisotopic (exact) mass is 412 g/mol. The van der Waals surface area contributed by atoms with Crippen LogP contribution in [0.4, 0.5) is 22.0 Å². The quantitative estimate of drug-likeness (QED) is 0.407. The summed E-state index contributed by atoms with van der Waals surface area (Å²) in [5, 5.41) is 0.544. The minimum absolute atomic E-state index is 0.0645. The molecule has 0 spiro atoms. The fourth-order valence-corrected chi connectivity index (χ4v) is 4.52. The van der Waals surface area contributed by atoms with Crippen LogP contribution in [-0.2, 0) is 0 Å². The molecule has 7 heteroatoms. The summed E-state index contributed by atoms with van der Waals surface area (Å²) in [5.74, 6) is -2.11. The molecule has 0 radical (unpaired) electrons. The molecule has 4 rings (SSSR count). The first kappa shape index (κ1) is 20.0. The first-order valence-electron chi connectivity index (χ1n) is 9.87. The van der Waals surface area contributed by atoms with Gasteiger partial charge in [0.25, 0.3) is 0 Å². The van der Waals surface area contributed by atoms with Crippen LogP contribution in [0.2, 0.25) is 0 Å². The smallest absolute Gasteiger partial charge is 0.450 e. The van der Waals surface area contributed by atoms with Crippen LogP contribution in [0, 0.1) is 17.6 Å². The van der Waals surface area contributed by atoms with E-state index in [2.05, 4.69) is 11.7 Å². The molecule has 0 aliphatic heterocycles. The molecule has 1 saturated carbocycles. The van der Waals surface area contributed by atoms with Crippen molar-refractivity contribution in [2.45, 2.75) is 57.7 Å². The Kier molecular flexibility index (Phi) is 5.17. The molecule has 156 valence electrons. The normalized spacial score (nSPS) is 20.5. The number of hydrogen-bond acceptors (Lipinski definition) is 2. The SMILES string of the molecule is CCCC1CCC(c2ccc3c(oc4c(F)c(OC(F)(F)F)ccc43)c2F)CC1. The third kappa shape index (κ3) is 3.79. The highest BCUT2D eigenvalue weighted by atomic mass is 19.4. The first-order chi connectivity index (χ1) is 13.8. The van der Waals surface area contributed by atoms with Crippen LogP contribution in [-0.4, -0.2) is 6.36 Å². The maximum Gasteiger partial charge on any atom is 0.573 e. The number of rotatable bonds is 4. The maximum absolute atomic E-state index is 15.2. The Morgan fingerprint density at radius 3 is 2.17 bits per heavy atom. The van der Waals surface area contributed by atoms with Crippen molar-refractivity contribution in [1.82, 2.24) is 0 Å². The molecule has 2 aromatic carbocycles. The van der Waals surface area contributed by atoms with Crippen molar-refractivity contribution in [3.05, 3.63) is 41.5 Å². The van der Waals surface area contributed by atoms with Crippen molar-refractivity contribution in [3.8, 4) is 5.75 Å². The summed E-state index contributed by atoms with van der Waals surface area (Å²) in [7, 11) is 0. The molecule has 29 heavy (non-hydrogen) atoms. The highest BCUT2D eigenvalue weighted by molar-refractivity contribution is 6.05. The van der Waals surface area contributed by atoms with Crippen molar-refractivity contribution in [3.63, 3.8) is 0 Å². The van der Waals surface area contributed by atoms with Crippen LogP contribution in [0.25, 0.3) is 21.9 Å². The lowest BCUT2D eigenvalue weighted by Gasteiger charge is -2.28. The minimum Gasteiger partial charge on any atom is -0.450 e. The van der Waals surface area contributed by atoms with Crippen molar-refractivity contribution in [2.24, 2.45) is 5.92 Å². The van der Waals surface area contributed by atoms with Gasteiger partial charge in [-0.15, -0.1) is 13.2 Å². The third-order valence-electron chi connectivity index (χ3n) is 5.89. The largest absolute Gasteiger partial charge is 0.573 e. The zero-order valence-electron chi connectivity index (χ0n) is 15.9. The average Bonchev–Trinajstić information content (AvgIpc) is 3.05. The third-order valence-corrected chi connectivity index (χ3v) is 5.89. The molecule has 0 saturated heterocycles. The topological polar surface area (TPSA) is 22.4 Å². The van der Waals surface area contributed by atoms with Crippen LogP contribution in [0.5, 0.6) is 5.75 Å². The van der Waals surface area contributed by atoms with Gasteiger partial charge in [-0.25, -0.2) is 4.39 Å². The van der Waals surface area contributed by atoms with Gasteiger partial charge >= 0.3 is 6.36 Å². The van der Waals surface area contributed by atoms with E-state index in [4.69, 9.17) is 4.42 Å². The van der Waals surface area contributed by atoms with Crippen LogP contribution in [0.3, 0.4) is 0 Å². The molecule has 1 heterocycles. The molecule has 0 N–H and O–H groups in total. The maximum atomic E-state index is 15.2. The zero-order chi connectivity index (χ0) is 20.8. The van der Waals surface area contributed by atoms with Crippen molar-refractivity contribution in [1.29, 1.82) is 0 Å². The second-order valence-corrected chi connectivity index (χ2v) is 7.76. The molecule has 1 fully saturated rings. The summed E-state index contributed by atoms with van der Waals surface area (Å²) in [5.41, 5.74) is -0.0422. The molecule has 0 amide bonds. The molecule has 1 aliphatic rings. The molecule has 0 bridgehead atoms. The molecule has 0 atom stereocenters. The number of furan rings is 1. The van der Waals surface area contributed by atoms with Gasteiger partial charge in [-0.3, -0.25) is 0 Å². The Morgan fingerprint density at radius 2 is 1.55 bits per heavy atom. The van der Waals surface area contributed by atoms with Crippen molar-refractivity contribution < 1.29 is 31.1 Å². The van der Waals surface area contributed by atoms with Crippen LogP contribution in [0.1, 0.15) is 56.9 Å². The minimum atomic E-state index is -5.03. The second kappa shape index (κ2) is 7.50. The van der Waals surface area contributed by atoms with Gasteiger partial charge in [-0.1, -0.05) is 25.8 Å². The summed E-state index contributed by atoms with van der Waals surface area (Å²) >= 11 is 0. The molecule has 1 aliphatic carbocycles. The van der Waals surface area contributed by atoms with E-state index in [0.717, 1.165) is 38.2 Å². The second-order valence-electron chi connectivity index (χ2n) is 7.76. The van der Waals surface area contributed by atoms with Gasteiger partial charge in [-0.05, 0) is 61.3 Å². The van der Waals surface area contributed by atoms with E-state index in [-0.39, 0.29) is 16.9 Å². The lowest BCUT2D eigenvalue weighted by Crippen LogP contribution is -2.17. The van der Waals surface area contributed by atoms with Gasteiger partial charge < -0.3 is 9.15 Å². The van der Waals surface area contributed by atoms with Gasteiger partial charge in [0.1, 0.15) is 0 Å². The van der Waals surface area contributed by atoms with E-state index in [1.807, 2.05) is 0 Å². The van der Waals surface area contributed by atoms with E-state index >= 15 is 4.39 Å². The number of ether oxygens (including phenoxy) is 1. The molecular formula is C22H21F5O2. The molecule has 2 nitrogen and oxygen atoms in total. The predicted molar refractivity (Wildman–Crippen MR) is 99.9 cm³/mol. The predicted octanol–water partition coefficient (Wildman–Crippen LogP) is 7.84. The Morgan fingerprint density at radius 1 is 0.931 bits per heavy atom. The summed E-state index contributed by atoms with van der Waals surface area (Å²) in [6.07, 6.45) is 1.14. The van der Waals surface area contributed by atoms with Gasteiger partial charge in [0, 0.05) is 10.8 Å². The Bertz CT molecular complexity index is 1030. The number of halogens is 5. The Labute approximate surface area is 164 Å². The van der Waals surface area contributed by atoms with Gasteiger partial charge in [-0.2, -0.15) is 4.39 Å². The molecular weight excluding hydrogens is 391 g/mol. The Hall–Kier alpha value is -2.31. The lowest BCUT2D eigenvalue weighted by atomic mass is 9.77. The summed E-state index contributed by atoms with van der Waals surface area (Å²) in [6, 6.07) is 5.47. The zero-order valence-corrected chi connectivity index (χ0v) is 15.9. The van der Waals surface area contributed by atoms with Crippen LogP contribution < -0.4 is 4.74 Å². The van der Waals surface area contributed by atoms with E-state index in [9.17, 15) is 17.6 Å².